The molecule has 1 saturated carbocycles. The lowest BCUT2D eigenvalue weighted by atomic mass is 9.91. The molecule has 1 fully saturated rings. The van der Waals surface area contributed by atoms with E-state index in [4.69, 9.17) is 0 Å². The summed E-state index contributed by atoms with van der Waals surface area (Å²) in [4.78, 5) is 31.7. The van der Waals surface area contributed by atoms with E-state index >= 15 is 0 Å². The number of nitrogens with one attached hydrogen (secondary N) is 3. The van der Waals surface area contributed by atoms with Gasteiger partial charge in [-0.05, 0) is 66.6 Å². The van der Waals surface area contributed by atoms with Gasteiger partial charge in [-0.2, -0.15) is 0 Å². The molecule has 160 valence electrons. The number of amides is 1. The quantitative estimate of drug-likeness (QED) is 0.570. The van der Waals surface area contributed by atoms with E-state index < -0.39 is 5.56 Å². The van der Waals surface area contributed by atoms with Gasteiger partial charge in [0.25, 0.3) is 11.5 Å². The largest absolute Gasteiger partial charge is 0.349 e. The molecule has 1 aromatic carbocycles. The van der Waals surface area contributed by atoms with Crippen LogP contribution in [0.4, 0.5) is 4.39 Å². The first-order chi connectivity index (χ1) is 15.1. The van der Waals surface area contributed by atoms with Crippen LogP contribution in [-0.2, 0) is 6.54 Å². The van der Waals surface area contributed by atoms with Crippen molar-refractivity contribution in [1.82, 2.24) is 20.6 Å². The van der Waals surface area contributed by atoms with Gasteiger partial charge in [-0.25, -0.2) is 4.39 Å². The minimum atomic E-state index is -0.435. The number of nitrogens with zero attached hydrogens (tertiary/aromatic N) is 1. The zero-order valence-electron chi connectivity index (χ0n) is 17.1. The van der Waals surface area contributed by atoms with Crippen LogP contribution in [0.15, 0.2) is 65.8 Å². The summed E-state index contributed by atoms with van der Waals surface area (Å²) in [5, 5.41) is 6.55. The Hall–Kier alpha value is -3.32. The second-order valence-corrected chi connectivity index (χ2v) is 7.90. The fraction of sp³-hybridized carbons (Fsp3) is 0.292. The third-order valence-corrected chi connectivity index (χ3v) is 5.71. The summed E-state index contributed by atoms with van der Waals surface area (Å²) in [6.07, 6.45) is 8.77. The average molecular weight is 420 g/mol. The van der Waals surface area contributed by atoms with Crippen LogP contribution in [0, 0.1) is 5.82 Å². The number of hydrogen-bond donors (Lipinski definition) is 3. The number of aromatic nitrogens is 2. The first-order valence-electron chi connectivity index (χ1n) is 10.5. The highest BCUT2D eigenvalue weighted by molar-refractivity contribution is 5.95. The number of carbonyl (C=O) groups excluding carboxylic acids is 1. The highest BCUT2D eigenvalue weighted by atomic mass is 19.1. The summed E-state index contributed by atoms with van der Waals surface area (Å²) in [6.45, 7) is 0.779. The molecule has 0 bridgehead atoms. The van der Waals surface area contributed by atoms with E-state index in [0.717, 1.165) is 43.4 Å². The number of benzene rings is 1. The highest BCUT2D eigenvalue weighted by Gasteiger charge is 2.23. The Morgan fingerprint density at radius 3 is 2.52 bits per heavy atom. The Bertz CT molecular complexity index is 1070. The molecule has 1 aliphatic rings. The third kappa shape index (κ3) is 5.44. The zero-order valence-corrected chi connectivity index (χ0v) is 17.1. The van der Waals surface area contributed by atoms with Gasteiger partial charge in [-0.3, -0.25) is 14.6 Å². The smallest absolute Gasteiger partial charge is 0.260 e. The van der Waals surface area contributed by atoms with Crippen molar-refractivity contribution in [2.45, 2.75) is 44.3 Å². The molecule has 31 heavy (non-hydrogen) atoms. The van der Waals surface area contributed by atoms with Crippen molar-refractivity contribution >= 4 is 5.91 Å². The molecule has 4 rings (SSSR count). The van der Waals surface area contributed by atoms with Gasteiger partial charge in [0.05, 0.1) is 0 Å². The van der Waals surface area contributed by atoms with Crippen molar-refractivity contribution in [2.24, 2.45) is 0 Å². The molecule has 0 aliphatic heterocycles. The Morgan fingerprint density at radius 2 is 1.81 bits per heavy atom. The SMILES string of the molecule is O=C(NC1CCC(NCc2cccnc2)CC1)c1cc(-c2ccc(F)cc2)c[nH]c1=O. The third-order valence-electron chi connectivity index (χ3n) is 5.71. The van der Waals surface area contributed by atoms with Gasteiger partial charge in [0.15, 0.2) is 0 Å². The van der Waals surface area contributed by atoms with Gasteiger partial charge in [0, 0.05) is 37.2 Å². The van der Waals surface area contributed by atoms with E-state index in [1.807, 2.05) is 18.3 Å². The predicted molar refractivity (Wildman–Crippen MR) is 117 cm³/mol. The van der Waals surface area contributed by atoms with Crippen molar-refractivity contribution in [3.05, 3.63) is 88.4 Å². The van der Waals surface area contributed by atoms with Gasteiger partial charge in [0.1, 0.15) is 11.4 Å². The van der Waals surface area contributed by atoms with Crippen LogP contribution < -0.4 is 16.2 Å². The number of H-pyrrole nitrogens is 1. The maximum Gasteiger partial charge on any atom is 0.260 e. The summed E-state index contributed by atoms with van der Waals surface area (Å²) in [6, 6.07) is 11.9. The van der Waals surface area contributed by atoms with E-state index in [1.165, 1.54) is 18.3 Å². The second kappa shape index (κ2) is 9.66. The van der Waals surface area contributed by atoms with Crippen LogP contribution in [-0.4, -0.2) is 28.0 Å². The first-order valence-corrected chi connectivity index (χ1v) is 10.5. The number of pyridine rings is 2. The van der Waals surface area contributed by atoms with E-state index in [1.54, 1.807) is 24.4 Å². The Morgan fingerprint density at radius 1 is 1.06 bits per heavy atom. The first kappa shape index (κ1) is 20.9. The monoisotopic (exact) mass is 420 g/mol. The van der Waals surface area contributed by atoms with E-state index in [0.29, 0.717) is 11.6 Å². The van der Waals surface area contributed by atoms with Gasteiger partial charge in [-0.1, -0.05) is 18.2 Å². The minimum Gasteiger partial charge on any atom is -0.349 e. The van der Waals surface area contributed by atoms with Crippen LogP contribution in [0.25, 0.3) is 11.1 Å². The number of aromatic amines is 1. The predicted octanol–water partition coefficient (Wildman–Crippen LogP) is 3.41. The fourth-order valence-electron chi connectivity index (χ4n) is 3.93. The number of hydrogen-bond acceptors (Lipinski definition) is 4. The van der Waals surface area contributed by atoms with Gasteiger partial charge < -0.3 is 15.6 Å². The lowest BCUT2D eigenvalue weighted by molar-refractivity contribution is 0.0922. The molecular weight excluding hydrogens is 395 g/mol. The summed E-state index contributed by atoms with van der Waals surface area (Å²) in [7, 11) is 0. The lowest BCUT2D eigenvalue weighted by Gasteiger charge is -2.29. The lowest BCUT2D eigenvalue weighted by Crippen LogP contribution is -2.43. The van der Waals surface area contributed by atoms with Crippen molar-refractivity contribution in [1.29, 1.82) is 0 Å². The molecule has 0 unspecified atom stereocenters. The molecule has 1 amide bonds. The normalized spacial score (nSPS) is 18.5. The van der Waals surface area contributed by atoms with Crippen molar-refractivity contribution < 1.29 is 9.18 Å². The van der Waals surface area contributed by atoms with Crippen molar-refractivity contribution in [2.75, 3.05) is 0 Å². The summed E-state index contributed by atoms with van der Waals surface area (Å²) in [5.41, 5.74) is 2.17. The molecule has 3 N–H and O–H groups in total. The molecule has 0 atom stereocenters. The Kier molecular flexibility index (Phi) is 6.52. The van der Waals surface area contributed by atoms with Crippen molar-refractivity contribution in [3.63, 3.8) is 0 Å². The van der Waals surface area contributed by atoms with E-state index in [9.17, 15) is 14.0 Å². The topological polar surface area (TPSA) is 86.9 Å². The van der Waals surface area contributed by atoms with Gasteiger partial charge >= 0.3 is 0 Å². The number of carbonyl (C=O) groups is 1. The molecule has 0 saturated heterocycles. The molecule has 7 heteroatoms. The summed E-state index contributed by atoms with van der Waals surface area (Å²) >= 11 is 0. The van der Waals surface area contributed by atoms with Crippen molar-refractivity contribution in [3.8, 4) is 11.1 Å². The average Bonchev–Trinajstić information content (AvgIpc) is 2.80. The molecule has 0 spiro atoms. The maximum atomic E-state index is 13.2. The molecule has 2 aromatic heterocycles. The van der Waals surface area contributed by atoms with Crippen LogP contribution >= 0.6 is 0 Å². The van der Waals surface area contributed by atoms with Crippen LogP contribution in [0.5, 0.6) is 0 Å². The van der Waals surface area contributed by atoms with Crippen LogP contribution in [0.3, 0.4) is 0 Å². The standard InChI is InChI=1S/C24H25FN4O2/c25-19-5-3-17(4-6-19)18-12-22(23(30)28-15-18)24(31)29-21-9-7-20(8-10-21)27-14-16-2-1-11-26-13-16/h1-6,11-13,15,20-21,27H,7-10,14H2,(H,28,30)(H,29,31). The number of halogens is 1. The Balaban J connectivity index is 1.33. The van der Waals surface area contributed by atoms with E-state index in [2.05, 4.69) is 20.6 Å². The molecule has 3 aromatic rings. The summed E-state index contributed by atoms with van der Waals surface area (Å²) < 4.78 is 13.2. The highest BCUT2D eigenvalue weighted by Crippen LogP contribution is 2.21. The fourth-order valence-corrected chi connectivity index (χ4v) is 3.93. The number of rotatable bonds is 6. The van der Waals surface area contributed by atoms with Gasteiger partial charge in [-0.15, -0.1) is 0 Å². The van der Waals surface area contributed by atoms with Crippen LogP contribution in [0.1, 0.15) is 41.6 Å². The molecule has 6 nitrogen and oxygen atoms in total. The van der Waals surface area contributed by atoms with Gasteiger partial charge in [0.2, 0.25) is 0 Å². The molecule has 0 radical (unpaired) electrons. The molecule has 2 heterocycles. The maximum absolute atomic E-state index is 13.2. The molecular formula is C24H25FN4O2. The zero-order chi connectivity index (χ0) is 21.6. The summed E-state index contributed by atoms with van der Waals surface area (Å²) in [5.74, 6) is -0.714. The minimum absolute atomic E-state index is 0.0396. The Labute approximate surface area is 179 Å². The second-order valence-electron chi connectivity index (χ2n) is 7.90. The van der Waals surface area contributed by atoms with E-state index in [-0.39, 0.29) is 23.3 Å². The van der Waals surface area contributed by atoms with Crippen LogP contribution in [0.2, 0.25) is 0 Å². The molecule has 1 aliphatic carbocycles.